The van der Waals surface area contributed by atoms with Crippen LogP contribution in [-0.2, 0) is 14.4 Å². The van der Waals surface area contributed by atoms with Gasteiger partial charge in [0.1, 0.15) is 6.04 Å². The third kappa shape index (κ3) is 9.82. The molecule has 232 valence electrons. The number of carbonyl (C=O) groups is 3. The molecule has 5 atom stereocenters. The Morgan fingerprint density at radius 3 is 2.46 bits per heavy atom. The van der Waals surface area contributed by atoms with E-state index < -0.39 is 24.4 Å². The molecule has 3 unspecified atom stereocenters. The SMILES string of the molecule is CCCCN(CCCC)CC(=O)NC(CC(C)C)C(=O)N1C[C@H](NC(=O)CC2=CNC3CCC=CC23)C[C@@H]1C(O)O. The Balaban J connectivity index is 1.62. The van der Waals surface area contributed by atoms with E-state index in [0.29, 0.717) is 12.5 Å². The topological polar surface area (TPSA) is 134 Å². The molecule has 1 saturated heterocycles. The van der Waals surface area contributed by atoms with Crippen LogP contribution in [0.15, 0.2) is 23.9 Å². The van der Waals surface area contributed by atoms with Gasteiger partial charge >= 0.3 is 0 Å². The predicted molar refractivity (Wildman–Crippen MR) is 159 cm³/mol. The van der Waals surface area contributed by atoms with Crippen LogP contribution in [0.5, 0.6) is 0 Å². The highest BCUT2D eigenvalue weighted by Gasteiger charge is 2.42. The Kier molecular flexibility index (Phi) is 13.1. The van der Waals surface area contributed by atoms with Crippen molar-refractivity contribution in [1.29, 1.82) is 0 Å². The molecular weight excluding hydrogens is 522 g/mol. The lowest BCUT2D eigenvalue weighted by Gasteiger charge is -2.31. The Bertz CT molecular complexity index is 928. The van der Waals surface area contributed by atoms with Crippen molar-refractivity contribution in [3.8, 4) is 0 Å². The number of unbranched alkanes of at least 4 members (excludes halogenated alkanes) is 2. The maximum absolute atomic E-state index is 13.8. The van der Waals surface area contributed by atoms with Crippen LogP contribution in [0.4, 0.5) is 0 Å². The first-order valence-corrected chi connectivity index (χ1v) is 15.7. The molecular formula is C31H53N5O5. The van der Waals surface area contributed by atoms with Crippen molar-refractivity contribution in [3.63, 3.8) is 0 Å². The Labute approximate surface area is 246 Å². The van der Waals surface area contributed by atoms with Crippen molar-refractivity contribution in [2.24, 2.45) is 11.8 Å². The summed E-state index contributed by atoms with van der Waals surface area (Å²) in [6.07, 6.45) is 11.6. The lowest BCUT2D eigenvalue weighted by atomic mass is 9.86. The average molecular weight is 576 g/mol. The molecule has 0 spiro atoms. The van der Waals surface area contributed by atoms with Gasteiger partial charge in [-0.3, -0.25) is 19.3 Å². The number of amides is 3. The Morgan fingerprint density at radius 1 is 1.12 bits per heavy atom. The molecule has 2 heterocycles. The zero-order valence-electron chi connectivity index (χ0n) is 25.5. The van der Waals surface area contributed by atoms with Crippen molar-refractivity contribution in [2.75, 3.05) is 26.2 Å². The number of aliphatic hydroxyl groups is 2. The highest BCUT2D eigenvalue weighted by Crippen LogP contribution is 2.31. The molecule has 3 aliphatic rings. The third-order valence-corrected chi connectivity index (χ3v) is 8.40. The van der Waals surface area contributed by atoms with Gasteiger partial charge in [-0.05, 0) is 69.3 Å². The van der Waals surface area contributed by atoms with Gasteiger partial charge in [0.2, 0.25) is 17.7 Å². The van der Waals surface area contributed by atoms with Gasteiger partial charge in [0.25, 0.3) is 0 Å². The van der Waals surface area contributed by atoms with Crippen LogP contribution >= 0.6 is 0 Å². The van der Waals surface area contributed by atoms with Crippen LogP contribution in [-0.4, -0.2) is 94.4 Å². The summed E-state index contributed by atoms with van der Waals surface area (Å²) in [5.41, 5.74) is 1.04. The fourth-order valence-electron chi connectivity index (χ4n) is 6.22. The quantitative estimate of drug-likeness (QED) is 0.140. The number of carbonyl (C=O) groups excluding carboxylic acids is 3. The van der Waals surface area contributed by atoms with Crippen LogP contribution in [0, 0.1) is 11.8 Å². The number of allylic oxidation sites excluding steroid dienone is 1. The number of hydrogen-bond donors (Lipinski definition) is 5. The van der Waals surface area contributed by atoms with Crippen LogP contribution in [0.1, 0.15) is 85.5 Å². The molecule has 41 heavy (non-hydrogen) atoms. The van der Waals surface area contributed by atoms with E-state index >= 15 is 0 Å². The number of hydrogen-bond acceptors (Lipinski definition) is 7. The van der Waals surface area contributed by atoms with Crippen molar-refractivity contribution >= 4 is 17.7 Å². The van der Waals surface area contributed by atoms with E-state index in [1.165, 1.54) is 4.90 Å². The van der Waals surface area contributed by atoms with E-state index in [0.717, 1.165) is 57.2 Å². The molecule has 0 saturated carbocycles. The van der Waals surface area contributed by atoms with Crippen LogP contribution in [0.25, 0.3) is 0 Å². The Hall–Kier alpha value is -2.43. The molecule has 1 aliphatic carbocycles. The summed E-state index contributed by atoms with van der Waals surface area (Å²) in [7, 11) is 0. The van der Waals surface area contributed by atoms with Crippen molar-refractivity contribution in [2.45, 2.75) is 116 Å². The fourth-order valence-corrected chi connectivity index (χ4v) is 6.22. The molecule has 1 fully saturated rings. The van der Waals surface area contributed by atoms with Crippen LogP contribution in [0.2, 0.25) is 0 Å². The van der Waals surface area contributed by atoms with Gasteiger partial charge in [-0.1, -0.05) is 52.7 Å². The van der Waals surface area contributed by atoms with Crippen LogP contribution in [0.3, 0.4) is 0 Å². The van der Waals surface area contributed by atoms with Gasteiger partial charge in [-0.15, -0.1) is 0 Å². The highest BCUT2D eigenvalue weighted by molar-refractivity contribution is 5.89. The molecule has 2 aliphatic heterocycles. The monoisotopic (exact) mass is 575 g/mol. The summed E-state index contributed by atoms with van der Waals surface area (Å²) in [5.74, 6) is -0.316. The lowest BCUT2D eigenvalue weighted by Crippen LogP contribution is -2.54. The van der Waals surface area contributed by atoms with Crippen molar-refractivity contribution < 1.29 is 24.6 Å². The summed E-state index contributed by atoms with van der Waals surface area (Å²) in [6.45, 7) is 10.3. The van der Waals surface area contributed by atoms with E-state index in [-0.39, 0.29) is 55.5 Å². The summed E-state index contributed by atoms with van der Waals surface area (Å²) in [4.78, 5) is 43.4. The first-order valence-electron chi connectivity index (χ1n) is 15.7. The summed E-state index contributed by atoms with van der Waals surface area (Å²) in [5, 5.41) is 29.6. The Morgan fingerprint density at radius 2 is 1.83 bits per heavy atom. The van der Waals surface area contributed by atoms with Gasteiger partial charge in [0.05, 0.1) is 12.6 Å². The van der Waals surface area contributed by atoms with Crippen molar-refractivity contribution in [3.05, 3.63) is 23.9 Å². The number of likely N-dealkylation sites (tertiary alicyclic amines) is 1. The second kappa shape index (κ2) is 16.3. The van der Waals surface area contributed by atoms with E-state index in [2.05, 4.69) is 46.8 Å². The molecule has 0 radical (unpaired) electrons. The summed E-state index contributed by atoms with van der Waals surface area (Å²) < 4.78 is 0. The maximum Gasteiger partial charge on any atom is 0.245 e. The second-order valence-electron chi connectivity index (χ2n) is 12.4. The third-order valence-electron chi connectivity index (χ3n) is 8.40. The molecule has 5 N–H and O–H groups in total. The smallest absolute Gasteiger partial charge is 0.245 e. The number of nitrogens with zero attached hydrogens (tertiary/aromatic N) is 2. The van der Waals surface area contributed by atoms with Gasteiger partial charge < -0.3 is 31.1 Å². The largest absolute Gasteiger partial charge is 0.387 e. The summed E-state index contributed by atoms with van der Waals surface area (Å²) in [6, 6.07) is -1.69. The van der Waals surface area contributed by atoms with Gasteiger partial charge in [0, 0.05) is 31.0 Å². The van der Waals surface area contributed by atoms with Gasteiger partial charge in [0.15, 0.2) is 6.29 Å². The van der Waals surface area contributed by atoms with E-state index in [1.807, 2.05) is 20.0 Å². The number of fused-ring (bicyclic) bond motifs is 1. The van der Waals surface area contributed by atoms with Gasteiger partial charge in [-0.2, -0.15) is 0 Å². The van der Waals surface area contributed by atoms with Crippen molar-refractivity contribution in [1.82, 2.24) is 25.8 Å². The zero-order valence-corrected chi connectivity index (χ0v) is 25.5. The maximum atomic E-state index is 13.8. The molecule has 0 aromatic carbocycles. The minimum atomic E-state index is -1.75. The molecule has 0 aromatic heterocycles. The van der Waals surface area contributed by atoms with E-state index in [4.69, 9.17) is 0 Å². The number of nitrogens with one attached hydrogen (secondary N) is 3. The molecule has 10 nitrogen and oxygen atoms in total. The minimum Gasteiger partial charge on any atom is -0.387 e. The average Bonchev–Trinajstić information content (AvgIpc) is 3.53. The molecule has 3 amide bonds. The van der Waals surface area contributed by atoms with Crippen LogP contribution < -0.4 is 16.0 Å². The lowest BCUT2D eigenvalue weighted by molar-refractivity contribution is -0.147. The second-order valence-corrected chi connectivity index (χ2v) is 12.4. The standard InChI is InChI=1S/C31H53N5O5/c1-5-7-13-35(14-8-6-2)20-29(38)34-26(15-21(3)4)30(39)36-19-23(17-27(36)31(40)41)33-28(37)16-22-18-32-25-12-10-9-11-24(22)25/h9,11,18,21,23-27,31-32,40-41H,5-8,10,12-17,19-20H2,1-4H3,(H,33,37)(H,34,38)/t23-,24?,25?,26?,27-/m1/s1. The summed E-state index contributed by atoms with van der Waals surface area (Å²) >= 11 is 0. The van der Waals surface area contributed by atoms with E-state index in [1.54, 1.807) is 0 Å². The fraction of sp³-hybridized carbons (Fsp3) is 0.774. The van der Waals surface area contributed by atoms with E-state index in [9.17, 15) is 24.6 Å². The first kappa shape index (κ1) is 33.1. The number of rotatable bonds is 16. The molecule has 0 bridgehead atoms. The molecule has 10 heteroatoms. The highest BCUT2D eigenvalue weighted by atomic mass is 16.5. The zero-order chi connectivity index (χ0) is 29.9. The van der Waals surface area contributed by atoms with Gasteiger partial charge in [-0.25, -0.2) is 0 Å². The number of aliphatic hydroxyl groups excluding tert-OH is 1. The first-order chi connectivity index (χ1) is 19.6. The molecule has 0 aromatic rings. The normalized spacial score (nSPS) is 24.4. The minimum absolute atomic E-state index is 0.141. The predicted octanol–water partition coefficient (Wildman–Crippen LogP) is 2.03. The molecule has 3 rings (SSSR count).